The summed E-state index contributed by atoms with van der Waals surface area (Å²) in [6, 6.07) is 4.23. The Hall–Kier alpha value is -2.05. The summed E-state index contributed by atoms with van der Waals surface area (Å²) in [5.41, 5.74) is 0.855. The maximum atomic E-state index is 12.0. The molecule has 110 valence electrons. The van der Waals surface area contributed by atoms with Crippen molar-refractivity contribution in [3.63, 3.8) is 0 Å². The second-order valence-electron chi connectivity index (χ2n) is 4.25. The third-order valence-corrected chi connectivity index (χ3v) is 3.68. The van der Waals surface area contributed by atoms with Crippen LogP contribution in [0.4, 0.5) is 0 Å². The lowest BCUT2D eigenvalue weighted by atomic mass is 10.2. The third-order valence-electron chi connectivity index (χ3n) is 2.84. The van der Waals surface area contributed by atoms with Crippen LogP contribution in [0, 0.1) is 0 Å². The van der Waals surface area contributed by atoms with E-state index in [1.807, 2.05) is 0 Å². The number of amides is 1. The van der Waals surface area contributed by atoms with Crippen LogP contribution < -0.4 is 5.32 Å². The van der Waals surface area contributed by atoms with E-state index in [2.05, 4.69) is 10.3 Å². The second kappa shape index (κ2) is 6.15. The van der Waals surface area contributed by atoms with Gasteiger partial charge in [0.1, 0.15) is 10.8 Å². The van der Waals surface area contributed by atoms with Gasteiger partial charge in [-0.15, -0.1) is 0 Å². The first-order valence-electron chi connectivity index (χ1n) is 5.87. The van der Waals surface area contributed by atoms with Gasteiger partial charge in [-0.1, -0.05) is 23.2 Å². The van der Waals surface area contributed by atoms with Crippen molar-refractivity contribution in [2.45, 2.75) is 6.54 Å². The van der Waals surface area contributed by atoms with E-state index in [0.29, 0.717) is 11.4 Å². The largest absolute Gasteiger partial charge is 0.478 e. The van der Waals surface area contributed by atoms with E-state index in [4.69, 9.17) is 28.3 Å². The normalized spacial score (nSPS) is 10.4. The number of carbonyl (C=O) groups is 2. The Morgan fingerprint density at radius 1 is 1.38 bits per heavy atom. The molecule has 8 heteroatoms. The molecule has 0 radical (unpaired) electrons. The summed E-state index contributed by atoms with van der Waals surface area (Å²) in [5, 5.41) is 12.1. The molecule has 0 atom stereocenters. The predicted molar refractivity (Wildman–Crippen MR) is 77.8 cm³/mol. The average Bonchev–Trinajstić information content (AvgIpc) is 2.73. The maximum absolute atomic E-state index is 12.0. The van der Waals surface area contributed by atoms with E-state index in [1.54, 1.807) is 7.05 Å². The zero-order chi connectivity index (χ0) is 15.6. The monoisotopic (exact) mass is 327 g/mol. The molecule has 0 bridgehead atoms. The lowest BCUT2D eigenvalue weighted by molar-refractivity contribution is 0.0696. The number of pyridine rings is 1. The van der Waals surface area contributed by atoms with Gasteiger partial charge < -0.3 is 15.0 Å². The predicted octanol–water partition coefficient (Wildman–Crippen LogP) is 2.36. The van der Waals surface area contributed by atoms with Crippen molar-refractivity contribution in [2.24, 2.45) is 7.05 Å². The molecule has 0 unspecified atom stereocenters. The van der Waals surface area contributed by atoms with Crippen LogP contribution in [-0.2, 0) is 13.6 Å². The number of rotatable bonds is 4. The summed E-state index contributed by atoms with van der Waals surface area (Å²) >= 11 is 11.7. The fourth-order valence-corrected chi connectivity index (χ4v) is 2.11. The van der Waals surface area contributed by atoms with Gasteiger partial charge in [0.15, 0.2) is 0 Å². The highest BCUT2D eigenvalue weighted by Crippen LogP contribution is 2.24. The van der Waals surface area contributed by atoms with Gasteiger partial charge in [-0.2, -0.15) is 0 Å². The molecule has 2 rings (SSSR count). The fourth-order valence-electron chi connectivity index (χ4n) is 1.73. The lowest BCUT2D eigenvalue weighted by Gasteiger charge is -2.06. The van der Waals surface area contributed by atoms with E-state index >= 15 is 0 Å². The van der Waals surface area contributed by atoms with Crippen LogP contribution in [0.2, 0.25) is 10.2 Å². The highest BCUT2D eigenvalue weighted by Gasteiger charge is 2.15. The van der Waals surface area contributed by atoms with E-state index in [9.17, 15) is 9.59 Å². The standard InChI is InChI=1S/C13H11Cl2N3O3/c1-18-10(5-9(14)11(18)15)12(19)17-6-8-4-7(13(20)21)2-3-16-8/h2-5H,6H2,1H3,(H,17,19)(H,20,21). The fraction of sp³-hybridized carbons (Fsp3) is 0.154. The molecule has 1 amide bonds. The number of nitrogens with zero attached hydrogens (tertiary/aromatic N) is 2. The number of aromatic nitrogens is 2. The van der Waals surface area contributed by atoms with Crippen molar-refractivity contribution in [3.05, 3.63) is 51.5 Å². The molecule has 2 heterocycles. The molecule has 6 nitrogen and oxygen atoms in total. The molecule has 0 spiro atoms. The molecule has 21 heavy (non-hydrogen) atoms. The maximum Gasteiger partial charge on any atom is 0.335 e. The molecule has 0 saturated heterocycles. The van der Waals surface area contributed by atoms with Gasteiger partial charge in [0.25, 0.3) is 5.91 Å². The minimum atomic E-state index is -1.05. The summed E-state index contributed by atoms with van der Waals surface area (Å²) < 4.78 is 1.46. The van der Waals surface area contributed by atoms with Crippen LogP contribution in [0.5, 0.6) is 0 Å². The summed E-state index contributed by atoms with van der Waals surface area (Å²) in [4.78, 5) is 26.9. The Bertz CT molecular complexity index is 713. The number of carbonyl (C=O) groups excluding carboxylic acids is 1. The first kappa shape index (κ1) is 15.3. The first-order chi connectivity index (χ1) is 9.90. The first-order valence-corrected chi connectivity index (χ1v) is 6.63. The van der Waals surface area contributed by atoms with Gasteiger partial charge in [-0.05, 0) is 18.2 Å². The smallest absolute Gasteiger partial charge is 0.335 e. The number of hydrogen-bond acceptors (Lipinski definition) is 3. The van der Waals surface area contributed by atoms with Crippen LogP contribution in [0.1, 0.15) is 26.5 Å². The average molecular weight is 328 g/mol. The van der Waals surface area contributed by atoms with Gasteiger partial charge in [0, 0.05) is 13.2 Å². The molecule has 0 fully saturated rings. The van der Waals surface area contributed by atoms with Crippen molar-refractivity contribution in [2.75, 3.05) is 0 Å². The quantitative estimate of drug-likeness (QED) is 0.902. The lowest BCUT2D eigenvalue weighted by Crippen LogP contribution is -2.25. The zero-order valence-corrected chi connectivity index (χ0v) is 12.4. The Morgan fingerprint density at radius 3 is 2.67 bits per heavy atom. The zero-order valence-electron chi connectivity index (χ0n) is 10.9. The molecule has 0 aliphatic heterocycles. The van der Waals surface area contributed by atoms with E-state index in [1.165, 1.54) is 29.0 Å². The summed E-state index contributed by atoms with van der Waals surface area (Å²) in [7, 11) is 1.62. The number of hydrogen-bond donors (Lipinski definition) is 2. The van der Waals surface area contributed by atoms with Crippen LogP contribution in [0.3, 0.4) is 0 Å². The Kier molecular flexibility index (Phi) is 4.50. The molecular weight excluding hydrogens is 317 g/mol. The van der Waals surface area contributed by atoms with E-state index in [-0.39, 0.29) is 28.2 Å². The van der Waals surface area contributed by atoms with Crippen molar-refractivity contribution < 1.29 is 14.7 Å². The van der Waals surface area contributed by atoms with E-state index < -0.39 is 5.97 Å². The van der Waals surface area contributed by atoms with Gasteiger partial charge in [0.2, 0.25) is 0 Å². The highest BCUT2D eigenvalue weighted by molar-refractivity contribution is 6.41. The summed E-state index contributed by atoms with van der Waals surface area (Å²) in [6.45, 7) is 0.0976. The van der Waals surface area contributed by atoms with Crippen molar-refractivity contribution in [1.29, 1.82) is 0 Å². The number of nitrogens with one attached hydrogen (secondary N) is 1. The summed E-state index contributed by atoms with van der Waals surface area (Å²) in [5.74, 6) is -1.43. The summed E-state index contributed by atoms with van der Waals surface area (Å²) in [6.07, 6.45) is 1.38. The molecule has 2 aromatic rings. The third kappa shape index (κ3) is 3.34. The van der Waals surface area contributed by atoms with Crippen molar-refractivity contribution in [1.82, 2.24) is 14.9 Å². The minimum absolute atomic E-state index is 0.0976. The van der Waals surface area contributed by atoms with Crippen LogP contribution in [0.25, 0.3) is 0 Å². The topological polar surface area (TPSA) is 84.2 Å². The Labute approximate surface area is 130 Å². The second-order valence-corrected chi connectivity index (χ2v) is 5.02. The highest BCUT2D eigenvalue weighted by atomic mass is 35.5. The minimum Gasteiger partial charge on any atom is -0.478 e. The number of carboxylic acid groups (broad SMARTS) is 1. The van der Waals surface area contributed by atoms with E-state index in [0.717, 1.165) is 0 Å². The molecule has 2 aromatic heterocycles. The molecule has 0 aliphatic rings. The van der Waals surface area contributed by atoms with Gasteiger partial charge in [0.05, 0.1) is 22.8 Å². The Balaban J connectivity index is 2.09. The molecule has 0 aromatic carbocycles. The van der Waals surface area contributed by atoms with Crippen molar-refractivity contribution in [3.8, 4) is 0 Å². The molecule has 0 saturated carbocycles. The number of halogens is 2. The van der Waals surface area contributed by atoms with Crippen LogP contribution in [0.15, 0.2) is 24.4 Å². The van der Waals surface area contributed by atoms with Crippen LogP contribution in [-0.4, -0.2) is 26.5 Å². The molecule has 0 aliphatic carbocycles. The number of carboxylic acids is 1. The Morgan fingerprint density at radius 2 is 2.10 bits per heavy atom. The molecular formula is C13H11Cl2N3O3. The van der Waals surface area contributed by atoms with Gasteiger partial charge in [-0.25, -0.2) is 4.79 Å². The van der Waals surface area contributed by atoms with Gasteiger partial charge >= 0.3 is 5.97 Å². The SMILES string of the molecule is Cn1c(C(=O)NCc2cc(C(=O)O)ccn2)cc(Cl)c1Cl. The van der Waals surface area contributed by atoms with Gasteiger partial charge in [-0.3, -0.25) is 9.78 Å². The van der Waals surface area contributed by atoms with Crippen LogP contribution >= 0.6 is 23.2 Å². The molecule has 2 N–H and O–H groups in total. The van der Waals surface area contributed by atoms with Crippen molar-refractivity contribution >= 4 is 35.1 Å². The number of aromatic carboxylic acids is 1.